The summed E-state index contributed by atoms with van der Waals surface area (Å²) in [7, 11) is 1.31. The maximum Gasteiger partial charge on any atom is 0.351 e. The van der Waals surface area contributed by atoms with E-state index in [9.17, 15) is 4.79 Å². The lowest BCUT2D eigenvalue weighted by Crippen LogP contribution is -2.10. The molecule has 0 radical (unpaired) electrons. The number of esters is 1. The minimum Gasteiger partial charge on any atom is -0.465 e. The van der Waals surface area contributed by atoms with Gasteiger partial charge in [-0.2, -0.15) is 5.10 Å². The van der Waals surface area contributed by atoms with Crippen molar-refractivity contribution in [3.63, 3.8) is 0 Å². The summed E-state index contributed by atoms with van der Waals surface area (Å²) in [4.78, 5) is 15.7. The molecule has 0 aliphatic rings. The van der Waals surface area contributed by atoms with Crippen molar-refractivity contribution in [3.8, 4) is 0 Å². The van der Waals surface area contributed by atoms with Gasteiger partial charge in [-0.3, -0.25) is 4.68 Å². The number of aromatic nitrogens is 3. The van der Waals surface area contributed by atoms with Gasteiger partial charge in [-0.25, -0.2) is 9.78 Å². The van der Waals surface area contributed by atoms with Gasteiger partial charge in [0.25, 0.3) is 0 Å². The fraction of sp³-hybridized carbons (Fsp3) is 0.300. The number of carbonyl (C=O) groups excluding carboxylic acids is 1. The molecule has 6 nitrogen and oxygen atoms in total. The Kier molecular flexibility index (Phi) is 4.16. The quantitative estimate of drug-likeness (QED) is 0.850. The van der Waals surface area contributed by atoms with Crippen LogP contribution in [0.25, 0.3) is 0 Å². The van der Waals surface area contributed by atoms with Crippen molar-refractivity contribution in [1.29, 1.82) is 0 Å². The molecule has 2 rings (SSSR count). The highest BCUT2D eigenvalue weighted by molar-refractivity contribution is 7.18. The Balaban J connectivity index is 1.92. The largest absolute Gasteiger partial charge is 0.465 e. The number of nitrogens with one attached hydrogen (secondary N) is 1. The van der Waals surface area contributed by atoms with Crippen LogP contribution in [0.3, 0.4) is 0 Å². The molecule has 8 heteroatoms. The van der Waals surface area contributed by atoms with Gasteiger partial charge in [0.2, 0.25) is 0 Å². The lowest BCUT2D eigenvalue weighted by molar-refractivity contribution is 0.0606. The van der Waals surface area contributed by atoms with Gasteiger partial charge in [0.1, 0.15) is 0 Å². The van der Waals surface area contributed by atoms with Crippen LogP contribution in [0.15, 0.2) is 18.5 Å². The van der Waals surface area contributed by atoms with Crippen LogP contribution >= 0.6 is 22.9 Å². The molecule has 2 heterocycles. The standard InChI is InChI=1S/C10H11ClN4O2S/c1-17-9(16)7-8(11)14-10(18-7)12-4-6-15-5-2-3-13-15/h2-3,5H,4,6H2,1H3,(H,12,14). The Morgan fingerprint density at radius 3 is 3.17 bits per heavy atom. The highest BCUT2D eigenvalue weighted by atomic mass is 35.5. The normalized spacial score (nSPS) is 10.3. The van der Waals surface area contributed by atoms with Crippen LogP contribution in [0.4, 0.5) is 5.13 Å². The minimum absolute atomic E-state index is 0.161. The number of halogens is 1. The zero-order valence-electron chi connectivity index (χ0n) is 9.59. The summed E-state index contributed by atoms with van der Waals surface area (Å²) in [5, 5.41) is 7.90. The number of hydrogen-bond acceptors (Lipinski definition) is 6. The molecule has 0 fully saturated rings. The number of anilines is 1. The van der Waals surface area contributed by atoms with Crippen molar-refractivity contribution in [1.82, 2.24) is 14.8 Å². The summed E-state index contributed by atoms with van der Waals surface area (Å²) in [6.45, 7) is 1.35. The van der Waals surface area contributed by atoms with Crippen LogP contribution in [0.2, 0.25) is 5.15 Å². The van der Waals surface area contributed by atoms with Gasteiger partial charge in [-0.05, 0) is 6.07 Å². The average molecular weight is 287 g/mol. The smallest absolute Gasteiger partial charge is 0.351 e. The van der Waals surface area contributed by atoms with Crippen LogP contribution in [0.1, 0.15) is 9.67 Å². The van der Waals surface area contributed by atoms with Crippen LogP contribution in [0.5, 0.6) is 0 Å². The third-order valence-corrected chi connectivity index (χ3v) is 3.51. The molecule has 96 valence electrons. The molecule has 0 aromatic carbocycles. The number of carbonyl (C=O) groups is 1. The Morgan fingerprint density at radius 2 is 2.50 bits per heavy atom. The van der Waals surface area contributed by atoms with Gasteiger partial charge < -0.3 is 10.1 Å². The van der Waals surface area contributed by atoms with E-state index in [4.69, 9.17) is 11.6 Å². The van der Waals surface area contributed by atoms with Gasteiger partial charge in [0.15, 0.2) is 15.2 Å². The summed E-state index contributed by atoms with van der Waals surface area (Å²) >= 11 is 7.01. The number of methoxy groups -OCH3 is 1. The summed E-state index contributed by atoms with van der Waals surface area (Å²) in [6.07, 6.45) is 3.59. The highest BCUT2D eigenvalue weighted by Crippen LogP contribution is 2.27. The van der Waals surface area contributed by atoms with Gasteiger partial charge in [-0.1, -0.05) is 22.9 Å². The molecule has 0 spiro atoms. The minimum atomic E-state index is -0.474. The molecule has 0 aliphatic carbocycles. The van der Waals surface area contributed by atoms with Crippen molar-refractivity contribution in [2.24, 2.45) is 0 Å². The first-order valence-electron chi connectivity index (χ1n) is 5.16. The van der Waals surface area contributed by atoms with E-state index in [0.29, 0.717) is 23.1 Å². The van der Waals surface area contributed by atoms with Gasteiger partial charge >= 0.3 is 5.97 Å². The van der Waals surface area contributed by atoms with Gasteiger partial charge in [-0.15, -0.1) is 0 Å². The molecule has 0 amide bonds. The van der Waals surface area contributed by atoms with Crippen molar-refractivity contribution >= 4 is 34.0 Å². The summed E-state index contributed by atoms with van der Waals surface area (Å²) < 4.78 is 6.39. The lowest BCUT2D eigenvalue weighted by Gasteiger charge is -2.02. The Hall–Kier alpha value is -1.60. The first kappa shape index (κ1) is 12.8. The molecule has 0 saturated heterocycles. The molecule has 0 aliphatic heterocycles. The average Bonchev–Trinajstić information content (AvgIpc) is 2.98. The molecule has 0 unspecified atom stereocenters. The van der Waals surface area contributed by atoms with E-state index in [-0.39, 0.29) is 5.15 Å². The number of thiazole rings is 1. The predicted molar refractivity (Wildman–Crippen MR) is 69.2 cm³/mol. The number of ether oxygens (including phenoxy) is 1. The zero-order valence-corrected chi connectivity index (χ0v) is 11.2. The molecule has 0 bridgehead atoms. The predicted octanol–water partition coefficient (Wildman–Crippen LogP) is 1.89. The van der Waals surface area contributed by atoms with Crippen LogP contribution in [0, 0.1) is 0 Å². The molecule has 0 atom stereocenters. The zero-order chi connectivity index (χ0) is 13.0. The Bertz CT molecular complexity index is 526. The summed E-state index contributed by atoms with van der Waals surface area (Å²) in [6, 6.07) is 1.86. The Morgan fingerprint density at radius 1 is 1.67 bits per heavy atom. The maximum atomic E-state index is 11.3. The monoisotopic (exact) mass is 286 g/mol. The number of rotatable bonds is 5. The highest BCUT2D eigenvalue weighted by Gasteiger charge is 2.16. The lowest BCUT2D eigenvalue weighted by atomic mass is 10.6. The SMILES string of the molecule is COC(=O)c1sc(NCCn2cccn2)nc1Cl. The summed E-state index contributed by atoms with van der Waals surface area (Å²) in [5.74, 6) is -0.474. The van der Waals surface area contributed by atoms with E-state index in [1.54, 1.807) is 10.9 Å². The molecular weight excluding hydrogens is 276 g/mol. The van der Waals surface area contributed by atoms with E-state index in [2.05, 4.69) is 20.1 Å². The van der Waals surface area contributed by atoms with Gasteiger partial charge in [0, 0.05) is 18.9 Å². The molecule has 2 aromatic heterocycles. The third-order valence-electron chi connectivity index (χ3n) is 2.13. The van der Waals surface area contributed by atoms with E-state index in [1.165, 1.54) is 18.4 Å². The van der Waals surface area contributed by atoms with Crippen LogP contribution in [-0.2, 0) is 11.3 Å². The molecule has 1 N–H and O–H groups in total. The van der Waals surface area contributed by atoms with Gasteiger partial charge in [0.05, 0.1) is 13.7 Å². The van der Waals surface area contributed by atoms with Crippen molar-refractivity contribution in [2.45, 2.75) is 6.54 Å². The van der Waals surface area contributed by atoms with E-state index < -0.39 is 5.97 Å². The fourth-order valence-electron chi connectivity index (χ4n) is 1.31. The van der Waals surface area contributed by atoms with Crippen LogP contribution < -0.4 is 5.32 Å². The first-order chi connectivity index (χ1) is 8.70. The first-order valence-corrected chi connectivity index (χ1v) is 6.36. The number of nitrogens with zero attached hydrogens (tertiary/aromatic N) is 3. The van der Waals surface area contributed by atoms with E-state index in [0.717, 1.165) is 0 Å². The van der Waals surface area contributed by atoms with E-state index in [1.807, 2.05) is 12.3 Å². The second-order valence-corrected chi connectivity index (χ2v) is 4.68. The fourth-order valence-corrected chi connectivity index (χ4v) is 2.43. The molecule has 0 saturated carbocycles. The van der Waals surface area contributed by atoms with Crippen molar-refractivity contribution in [2.75, 3.05) is 19.0 Å². The maximum absolute atomic E-state index is 11.3. The molecular formula is C10H11ClN4O2S. The van der Waals surface area contributed by atoms with Crippen molar-refractivity contribution < 1.29 is 9.53 Å². The van der Waals surface area contributed by atoms with Crippen molar-refractivity contribution in [3.05, 3.63) is 28.5 Å². The molecule has 2 aromatic rings. The molecule has 18 heavy (non-hydrogen) atoms. The van der Waals surface area contributed by atoms with E-state index >= 15 is 0 Å². The summed E-state index contributed by atoms with van der Waals surface area (Å²) in [5.41, 5.74) is 0. The second-order valence-electron chi connectivity index (χ2n) is 3.33. The van der Waals surface area contributed by atoms with Crippen LogP contribution in [-0.4, -0.2) is 34.4 Å². The number of hydrogen-bond donors (Lipinski definition) is 1. The topological polar surface area (TPSA) is 69.0 Å². The Labute approximate surface area is 113 Å². The third kappa shape index (κ3) is 2.99. The second kappa shape index (κ2) is 5.83.